The third-order valence-corrected chi connectivity index (χ3v) is 9.24. The van der Waals surface area contributed by atoms with Crippen molar-refractivity contribution in [3.8, 4) is 22.4 Å². The SMILES string of the molecule is C[N+](C)(C)c1ncccc1-c1ccc(C2CC3CCCC2N3C(=O)OCC2c3ccccc3-c3ccccc32)cn1.[I-]. The van der Waals surface area contributed by atoms with Crippen LogP contribution in [0.4, 0.5) is 10.6 Å². The highest BCUT2D eigenvalue weighted by Gasteiger charge is 2.47. The minimum Gasteiger partial charge on any atom is -1.00 e. The monoisotopic (exact) mass is 672 g/mol. The van der Waals surface area contributed by atoms with Gasteiger partial charge in [-0.05, 0) is 71.7 Å². The zero-order chi connectivity index (χ0) is 28.1. The molecule has 2 aromatic heterocycles. The lowest BCUT2D eigenvalue weighted by Crippen LogP contribution is -3.00. The maximum atomic E-state index is 13.7. The number of rotatable bonds is 5. The molecule has 2 aliphatic heterocycles. The number of carbonyl (C=O) groups excluding carboxylic acids is 1. The van der Waals surface area contributed by atoms with Gasteiger partial charge in [0.05, 0.1) is 32.4 Å². The van der Waals surface area contributed by atoms with E-state index in [0.29, 0.717) is 11.1 Å². The molecule has 3 unspecified atom stereocenters. The van der Waals surface area contributed by atoms with Gasteiger partial charge >= 0.3 is 6.09 Å². The number of quaternary nitrogens is 1. The first-order valence-corrected chi connectivity index (χ1v) is 14.8. The van der Waals surface area contributed by atoms with E-state index in [-0.39, 0.29) is 54.0 Å². The van der Waals surface area contributed by atoms with Crippen molar-refractivity contribution in [1.82, 2.24) is 19.4 Å². The molecule has 7 heteroatoms. The molecule has 7 rings (SSSR count). The van der Waals surface area contributed by atoms with E-state index in [1.165, 1.54) is 27.8 Å². The number of piperidine rings is 1. The fourth-order valence-electron chi connectivity index (χ4n) is 7.41. The third-order valence-electron chi connectivity index (χ3n) is 9.24. The van der Waals surface area contributed by atoms with Crippen molar-refractivity contribution >= 4 is 11.9 Å². The Bertz CT molecular complexity index is 1550. The number of benzene rings is 2. The van der Waals surface area contributed by atoms with Crippen LogP contribution in [0.5, 0.6) is 0 Å². The molecule has 4 aromatic rings. The standard InChI is InChI=1S/C35H37N4O2.HI/c1-39(2,3)34-29(15-9-19-36-34)32-18-17-23(21-37-32)30-20-24-10-8-16-33(30)38(24)35(40)41-22-31-27-13-6-4-11-25(27)26-12-5-7-14-28(26)31;/h4-7,9,11-15,17-19,21,24,30-31,33H,8,10,16,20,22H2,1-3H3;1H/q+1;/p-1. The van der Waals surface area contributed by atoms with Crippen LogP contribution in [0.15, 0.2) is 85.2 Å². The molecular formula is C35H37IN4O2. The molecule has 42 heavy (non-hydrogen) atoms. The molecule has 0 N–H and O–H groups in total. The van der Waals surface area contributed by atoms with E-state index < -0.39 is 0 Å². The number of aromatic nitrogens is 2. The summed E-state index contributed by atoms with van der Waals surface area (Å²) in [5, 5.41) is 0. The first-order valence-electron chi connectivity index (χ1n) is 14.8. The Balaban J connectivity index is 0.00000316. The quantitative estimate of drug-likeness (QED) is 0.238. The Labute approximate surface area is 265 Å². The van der Waals surface area contributed by atoms with Crippen molar-refractivity contribution in [2.24, 2.45) is 0 Å². The number of hydrogen-bond acceptors (Lipinski definition) is 4. The average Bonchev–Trinajstić information content (AvgIpc) is 3.43. The molecule has 3 aliphatic rings. The van der Waals surface area contributed by atoms with Gasteiger partial charge in [0.2, 0.25) is 5.82 Å². The second-order valence-corrected chi connectivity index (χ2v) is 12.6. The number of pyridine rings is 2. The Hall–Kier alpha value is -3.30. The molecule has 0 saturated carbocycles. The molecule has 2 bridgehead atoms. The lowest BCUT2D eigenvalue weighted by Gasteiger charge is -2.35. The minimum atomic E-state index is -0.170. The Morgan fingerprint density at radius 1 is 0.881 bits per heavy atom. The van der Waals surface area contributed by atoms with Gasteiger partial charge in [0, 0.05) is 36.3 Å². The van der Waals surface area contributed by atoms with E-state index >= 15 is 0 Å². The minimum absolute atomic E-state index is 0. The fraction of sp³-hybridized carbons (Fsp3) is 0.343. The molecule has 3 atom stereocenters. The summed E-state index contributed by atoms with van der Waals surface area (Å²) in [5.41, 5.74) is 8.17. The highest BCUT2D eigenvalue weighted by Crippen LogP contribution is 2.47. The van der Waals surface area contributed by atoms with E-state index in [1.54, 1.807) is 0 Å². The van der Waals surface area contributed by atoms with Crippen molar-refractivity contribution in [1.29, 1.82) is 0 Å². The molecule has 2 saturated heterocycles. The highest BCUT2D eigenvalue weighted by molar-refractivity contribution is 5.79. The normalized spacial score (nSPS) is 20.9. The second kappa shape index (κ2) is 11.4. The van der Waals surface area contributed by atoms with Crippen LogP contribution in [0, 0.1) is 0 Å². The third kappa shape index (κ3) is 5.00. The predicted octanol–water partition coefficient (Wildman–Crippen LogP) is 4.00. The number of ether oxygens (including phenoxy) is 1. The maximum Gasteiger partial charge on any atom is 0.410 e. The van der Waals surface area contributed by atoms with E-state index in [1.807, 2.05) is 18.5 Å². The van der Waals surface area contributed by atoms with Crippen molar-refractivity contribution in [2.75, 3.05) is 27.7 Å². The Morgan fingerprint density at radius 2 is 1.57 bits per heavy atom. The average molecular weight is 673 g/mol. The second-order valence-electron chi connectivity index (χ2n) is 12.6. The zero-order valence-corrected chi connectivity index (χ0v) is 26.6. The van der Waals surface area contributed by atoms with Crippen molar-refractivity contribution in [2.45, 2.75) is 49.6 Å². The molecule has 216 valence electrons. The van der Waals surface area contributed by atoms with Crippen molar-refractivity contribution in [3.63, 3.8) is 0 Å². The number of carbonyl (C=O) groups is 1. The predicted molar refractivity (Wildman–Crippen MR) is 163 cm³/mol. The molecule has 2 fully saturated rings. The van der Waals surface area contributed by atoms with Gasteiger partial charge in [0.1, 0.15) is 6.61 Å². The molecule has 1 amide bonds. The van der Waals surface area contributed by atoms with Crippen LogP contribution in [0.3, 0.4) is 0 Å². The van der Waals surface area contributed by atoms with E-state index in [2.05, 4.69) is 97.8 Å². The van der Waals surface area contributed by atoms with E-state index in [4.69, 9.17) is 9.72 Å². The molecule has 0 spiro atoms. The summed E-state index contributed by atoms with van der Waals surface area (Å²) in [5.74, 6) is 1.34. The van der Waals surface area contributed by atoms with Crippen LogP contribution in [-0.4, -0.2) is 60.8 Å². The molecule has 4 heterocycles. The summed E-state index contributed by atoms with van der Waals surface area (Å²) in [6, 6.07) is 25.7. The van der Waals surface area contributed by atoms with Gasteiger partial charge in [0.25, 0.3) is 0 Å². The first-order chi connectivity index (χ1) is 19.9. The maximum absolute atomic E-state index is 13.7. The molecular weight excluding hydrogens is 635 g/mol. The summed E-state index contributed by atoms with van der Waals surface area (Å²) in [7, 11) is 6.37. The lowest BCUT2D eigenvalue weighted by molar-refractivity contribution is -0.0000196. The lowest BCUT2D eigenvalue weighted by atomic mass is 9.91. The smallest absolute Gasteiger partial charge is 0.410 e. The largest absolute Gasteiger partial charge is 1.00 e. The number of halogens is 1. The summed E-state index contributed by atoms with van der Waals surface area (Å²) in [6.07, 6.45) is 7.83. The number of hydrogen-bond donors (Lipinski definition) is 0. The van der Waals surface area contributed by atoms with Crippen molar-refractivity contribution < 1.29 is 33.5 Å². The zero-order valence-electron chi connectivity index (χ0n) is 24.4. The van der Waals surface area contributed by atoms with Gasteiger partial charge < -0.3 is 33.6 Å². The van der Waals surface area contributed by atoms with Crippen LogP contribution >= 0.6 is 0 Å². The van der Waals surface area contributed by atoms with Crippen LogP contribution in [0.25, 0.3) is 22.4 Å². The van der Waals surface area contributed by atoms with Gasteiger partial charge in [-0.1, -0.05) is 54.6 Å². The van der Waals surface area contributed by atoms with E-state index in [0.717, 1.165) is 42.8 Å². The van der Waals surface area contributed by atoms with Crippen molar-refractivity contribution in [3.05, 3.63) is 102 Å². The number of nitrogens with zero attached hydrogens (tertiary/aromatic N) is 4. The highest BCUT2D eigenvalue weighted by atomic mass is 127. The Morgan fingerprint density at radius 3 is 2.24 bits per heavy atom. The Kier molecular flexibility index (Phi) is 7.83. The first kappa shape index (κ1) is 28.8. The van der Waals surface area contributed by atoms with Gasteiger partial charge in [-0.25, -0.2) is 9.78 Å². The number of fused-ring (bicyclic) bond motifs is 5. The van der Waals surface area contributed by atoms with Gasteiger partial charge in [0.15, 0.2) is 0 Å². The van der Waals surface area contributed by atoms with Gasteiger partial charge in [-0.15, -0.1) is 0 Å². The molecule has 0 radical (unpaired) electrons. The van der Waals surface area contributed by atoms with E-state index in [9.17, 15) is 4.79 Å². The summed E-state index contributed by atoms with van der Waals surface area (Å²) in [4.78, 5) is 25.3. The fourth-order valence-corrected chi connectivity index (χ4v) is 7.41. The molecule has 2 aromatic carbocycles. The summed E-state index contributed by atoms with van der Waals surface area (Å²) < 4.78 is 6.75. The molecule has 6 nitrogen and oxygen atoms in total. The van der Waals surface area contributed by atoms with Gasteiger partial charge in [-0.2, -0.15) is 0 Å². The molecule has 1 aliphatic carbocycles. The topological polar surface area (TPSA) is 55.3 Å². The van der Waals surface area contributed by atoms with Crippen LogP contribution in [0.1, 0.15) is 54.2 Å². The number of amides is 1. The van der Waals surface area contributed by atoms with Gasteiger partial charge in [-0.3, -0.25) is 9.47 Å². The van der Waals surface area contributed by atoms with Crippen LogP contribution in [0.2, 0.25) is 0 Å². The summed E-state index contributed by atoms with van der Waals surface area (Å²) >= 11 is 0. The van der Waals surface area contributed by atoms with Crippen LogP contribution in [-0.2, 0) is 4.74 Å². The summed E-state index contributed by atoms with van der Waals surface area (Å²) in [6.45, 7) is 0.365. The van der Waals surface area contributed by atoms with Crippen LogP contribution < -0.4 is 28.5 Å².